The molecule has 1 fully saturated rings. The maximum Gasteiger partial charge on any atom is 0.155 e. The van der Waals surface area contributed by atoms with Gasteiger partial charge in [0.25, 0.3) is 0 Å². The van der Waals surface area contributed by atoms with Crippen molar-refractivity contribution in [3.63, 3.8) is 0 Å². The quantitative estimate of drug-likeness (QED) is 0.496. The van der Waals surface area contributed by atoms with Crippen LogP contribution in [0.5, 0.6) is 5.75 Å². The van der Waals surface area contributed by atoms with Gasteiger partial charge in [-0.3, -0.25) is 0 Å². The molecule has 0 amide bonds. The van der Waals surface area contributed by atoms with E-state index in [1.165, 1.54) is 24.8 Å². The predicted molar refractivity (Wildman–Crippen MR) is 114 cm³/mol. The van der Waals surface area contributed by atoms with Crippen molar-refractivity contribution in [2.75, 3.05) is 12.4 Å². The lowest BCUT2D eigenvalue weighted by Gasteiger charge is -2.30. The standard InChI is InChI=1S/C23H38O3S/c1-5-6-17-26-22-15-13-20(14-16-22)8-7-19-9-11-21(12-10-19)18-27(24,25)23(2,3)4/h13-16,19,21H,5-12,17-18H2,1-4H3. The predicted octanol–water partition coefficient (Wildman–Crippen LogP) is 5.82. The molecule has 0 aromatic heterocycles. The second-order valence-corrected chi connectivity index (χ2v) is 12.0. The van der Waals surface area contributed by atoms with Gasteiger partial charge in [0, 0.05) is 0 Å². The summed E-state index contributed by atoms with van der Waals surface area (Å²) >= 11 is 0. The second kappa shape index (κ2) is 9.95. The van der Waals surface area contributed by atoms with Crippen LogP contribution in [0.4, 0.5) is 0 Å². The number of rotatable bonds is 9. The van der Waals surface area contributed by atoms with Gasteiger partial charge in [0.1, 0.15) is 5.75 Å². The summed E-state index contributed by atoms with van der Waals surface area (Å²) in [6.07, 6.45) is 9.02. The first kappa shape index (κ1) is 22.3. The SMILES string of the molecule is CCCCOc1ccc(CCC2CCC(CS(=O)(=O)C(C)(C)C)CC2)cc1. The smallest absolute Gasteiger partial charge is 0.155 e. The van der Waals surface area contributed by atoms with Crippen LogP contribution in [0, 0.1) is 11.8 Å². The lowest BCUT2D eigenvalue weighted by Crippen LogP contribution is -2.34. The van der Waals surface area contributed by atoms with Crippen molar-refractivity contribution >= 4 is 9.84 Å². The van der Waals surface area contributed by atoms with Gasteiger partial charge < -0.3 is 4.74 Å². The first-order chi connectivity index (χ1) is 12.7. The van der Waals surface area contributed by atoms with Crippen molar-refractivity contribution in [2.24, 2.45) is 11.8 Å². The average molecular weight is 395 g/mol. The fourth-order valence-corrected chi connectivity index (χ4v) is 5.16. The molecule has 4 heteroatoms. The Morgan fingerprint density at radius 1 is 1.00 bits per heavy atom. The molecule has 2 rings (SSSR count). The summed E-state index contributed by atoms with van der Waals surface area (Å²) in [5.41, 5.74) is 1.37. The van der Waals surface area contributed by atoms with E-state index in [9.17, 15) is 8.42 Å². The van der Waals surface area contributed by atoms with Crippen LogP contribution in [0.2, 0.25) is 0 Å². The zero-order valence-corrected chi connectivity index (χ0v) is 18.5. The summed E-state index contributed by atoms with van der Waals surface area (Å²) in [5, 5.41) is 0. The van der Waals surface area contributed by atoms with Crippen LogP contribution in [0.1, 0.15) is 78.2 Å². The number of benzene rings is 1. The Morgan fingerprint density at radius 2 is 1.59 bits per heavy atom. The van der Waals surface area contributed by atoms with Crippen molar-refractivity contribution in [1.29, 1.82) is 0 Å². The highest BCUT2D eigenvalue weighted by Gasteiger charge is 2.33. The lowest BCUT2D eigenvalue weighted by atomic mass is 9.80. The van der Waals surface area contributed by atoms with Crippen molar-refractivity contribution in [3.05, 3.63) is 29.8 Å². The lowest BCUT2D eigenvalue weighted by molar-refractivity contribution is 0.278. The highest BCUT2D eigenvalue weighted by atomic mass is 32.2. The highest BCUT2D eigenvalue weighted by Crippen LogP contribution is 2.34. The number of hydrogen-bond acceptors (Lipinski definition) is 3. The molecule has 1 aromatic carbocycles. The Hall–Kier alpha value is -1.03. The van der Waals surface area contributed by atoms with Gasteiger partial charge in [-0.2, -0.15) is 0 Å². The van der Waals surface area contributed by atoms with E-state index in [1.54, 1.807) is 0 Å². The zero-order valence-electron chi connectivity index (χ0n) is 17.7. The van der Waals surface area contributed by atoms with E-state index in [0.29, 0.717) is 11.7 Å². The number of ether oxygens (including phenoxy) is 1. The topological polar surface area (TPSA) is 43.4 Å². The summed E-state index contributed by atoms with van der Waals surface area (Å²) in [7, 11) is -2.99. The molecule has 1 aliphatic carbocycles. The summed E-state index contributed by atoms with van der Waals surface area (Å²) in [4.78, 5) is 0. The Morgan fingerprint density at radius 3 is 2.15 bits per heavy atom. The fourth-order valence-electron chi connectivity index (χ4n) is 3.70. The molecule has 0 saturated heterocycles. The Labute approximate surface area is 166 Å². The summed E-state index contributed by atoms with van der Waals surface area (Å²) < 4.78 is 29.9. The number of unbranched alkanes of at least 4 members (excludes halogenated alkanes) is 1. The van der Waals surface area contributed by atoms with Crippen LogP contribution in [-0.4, -0.2) is 25.5 Å². The molecule has 1 aliphatic rings. The molecule has 1 saturated carbocycles. The van der Waals surface area contributed by atoms with Crippen molar-refractivity contribution < 1.29 is 13.2 Å². The summed E-state index contributed by atoms with van der Waals surface area (Å²) in [6.45, 7) is 8.41. The molecule has 0 spiro atoms. The maximum absolute atomic E-state index is 12.4. The number of aryl methyl sites for hydroxylation is 1. The third-order valence-electron chi connectivity index (χ3n) is 5.89. The van der Waals surface area contributed by atoms with E-state index in [1.807, 2.05) is 20.8 Å². The van der Waals surface area contributed by atoms with Gasteiger partial charge in [-0.15, -0.1) is 0 Å². The number of sulfone groups is 1. The van der Waals surface area contributed by atoms with Gasteiger partial charge in [-0.1, -0.05) is 38.3 Å². The first-order valence-electron chi connectivity index (χ1n) is 10.7. The Kier molecular flexibility index (Phi) is 8.20. The van der Waals surface area contributed by atoms with Gasteiger partial charge in [0.05, 0.1) is 17.1 Å². The molecule has 0 unspecified atom stereocenters. The van der Waals surface area contributed by atoms with E-state index in [-0.39, 0.29) is 0 Å². The largest absolute Gasteiger partial charge is 0.494 e. The zero-order chi connectivity index (χ0) is 19.9. The van der Waals surface area contributed by atoms with Gasteiger partial charge in [-0.05, 0) is 82.4 Å². The first-order valence-corrected chi connectivity index (χ1v) is 12.3. The van der Waals surface area contributed by atoms with Gasteiger partial charge in [0.2, 0.25) is 0 Å². The van der Waals surface area contributed by atoms with Gasteiger partial charge >= 0.3 is 0 Å². The molecule has 0 atom stereocenters. The molecule has 0 aliphatic heterocycles. The van der Waals surface area contributed by atoms with Crippen LogP contribution in [0.15, 0.2) is 24.3 Å². The molecule has 27 heavy (non-hydrogen) atoms. The minimum Gasteiger partial charge on any atom is -0.494 e. The average Bonchev–Trinajstić information content (AvgIpc) is 2.61. The van der Waals surface area contributed by atoms with Gasteiger partial charge in [0.15, 0.2) is 9.84 Å². The van der Waals surface area contributed by atoms with Crippen LogP contribution >= 0.6 is 0 Å². The van der Waals surface area contributed by atoms with Crippen molar-refractivity contribution in [1.82, 2.24) is 0 Å². The van der Waals surface area contributed by atoms with E-state index >= 15 is 0 Å². The van der Waals surface area contributed by atoms with Crippen molar-refractivity contribution in [3.8, 4) is 5.75 Å². The van der Waals surface area contributed by atoms with Crippen LogP contribution in [0.3, 0.4) is 0 Å². The maximum atomic E-state index is 12.4. The molecule has 0 radical (unpaired) electrons. The normalized spacial score (nSPS) is 21.2. The summed E-state index contributed by atoms with van der Waals surface area (Å²) in [6, 6.07) is 8.53. The fraction of sp³-hybridized carbons (Fsp3) is 0.739. The van der Waals surface area contributed by atoms with Crippen molar-refractivity contribution in [2.45, 2.75) is 83.8 Å². The molecule has 154 valence electrons. The molecular weight excluding hydrogens is 356 g/mol. The van der Waals surface area contributed by atoms with Crippen LogP contribution in [-0.2, 0) is 16.3 Å². The summed E-state index contributed by atoms with van der Waals surface area (Å²) in [5.74, 6) is 2.42. The third kappa shape index (κ3) is 7.14. The van der Waals surface area contributed by atoms with E-state index in [2.05, 4.69) is 31.2 Å². The Balaban J connectivity index is 1.72. The van der Waals surface area contributed by atoms with Gasteiger partial charge in [-0.25, -0.2) is 8.42 Å². The van der Waals surface area contributed by atoms with E-state index in [4.69, 9.17) is 4.74 Å². The van der Waals surface area contributed by atoms with Crippen LogP contribution in [0.25, 0.3) is 0 Å². The van der Waals surface area contributed by atoms with Crippen LogP contribution < -0.4 is 4.74 Å². The molecule has 0 N–H and O–H groups in total. The molecule has 1 aromatic rings. The Bertz CT molecular complexity index is 648. The van der Waals surface area contributed by atoms with E-state index < -0.39 is 14.6 Å². The third-order valence-corrected chi connectivity index (χ3v) is 8.66. The van der Waals surface area contributed by atoms with E-state index in [0.717, 1.165) is 50.4 Å². The second-order valence-electron chi connectivity index (χ2n) is 9.17. The molecule has 0 heterocycles. The molecule has 0 bridgehead atoms. The monoisotopic (exact) mass is 394 g/mol. The number of hydrogen-bond donors (Lipinski definition) is 0. The molecule has 3 nitrogen and oxygen atoms in total. The minimum atomic E-state index is -2.99. The molecular formula is C23H38O3S. The minimum absolute atomic E-state index is 0.352. The highest BCUT2D eigenvalue weighted by molar-refractivity contribution is 7.92.